The maximum Gasteiger partial charge on any atom is 0.419 e. The summed E-state index contributed by atoms with van der Waals surface area (Å²) >= 11 is -0.603. The molecule has 2 amide bonds. The van der Waals surface area contributed by atoms with Crippen LogP contribution in [0.1, 0.15) is 47.1 Å². The van der Waals surface area contributed by atoms with Crippen molar-refractivity contribution in [2.75, 3.05) is 27.9 Å². The fraction of sp³-hybridized carbons (Fsp3) is 0.481. The number of benzene rings is 2. The van der Waals surface area contributed by atoms with Gasteiger partial charge in [-0.3, -0.25) is 0 Å². The zero-order chi connectivity index (χ0) is 27.1. The molecule has 0 heterocycles. The molecule has 0 atom stereocenters. The molecule has 0 saturated heterocycles. The van der Waals surface area contributed by atoms with Gasteiger partial charge in [0.05, 0.1) is 21.3 Å². The number of imide groups is 1. The molecule has 0 aliphatic rings. The predicted octanol–water partition coefficient (Wildman–Crippen LogP) is 2.56. The van der Waals surface area contributed by atoms with Gasteiger partial charge in [-0.05, 0) is 78.3 Å². The second kappa shape index (κ2) is 12.5. The third-order valence-corrected chi connectivity index (χ3v) is 7.57. The van der Waals surface area contributed by atoms with Gasteiger partial charge in [0.15, 0.2) is 15.1 Å². The van der Waals surface area contributed by atoms with E-state index in [1.807, 2.05) is 36.4 Å². The number of methoxy groups -OCH3 is 3. The third-order valence-electron chi connectivity index (χ3n) is 4.65. The number of ether oxygens (including phenoxy) is 5. The molecule has 0 aliphatic heterocycles. The largest absolute Gasteiger partial charge is 0.497 e. The van der Waals surface area contributed by atoms with Crippen molar-refractivity contribution >= 4 is 12.2 Å². The molecule has 0 radical (unpaired) electrons. The average molecular weight is 614 g/mol. The van der Waals surface area contributed by atoms with Gasteiger partial charge < -0.3 is 23.7 Å². The number of hydrogen-bond donors (Lipinski definition) is 0. The summed E-state index contributed by atoms with van der Waals surface area (Å²) in [4.78, 5) is 26.9. The second-order valence-electron chi connectivity index (χ2n) is 9.91. The van der Waals surface area contributed by atoms with E-state index in [0.29, 0.717) is 17.9 Å². The maximum atomic E-state index is 12.9. The van der Waals surface area contributed by atoms with Crippen LogP contribution in [0.15, 0.2) is 36.4 Å². The molecule has 198 valence electrons. The minimum Gasteiger partial charge on any atom is -0.497 e. The number of amides is 2. The van der Waals surface area contributed by atoms with E-state index in [0.717, 1.165) is 19.8 Å². The normalized spacial score (nSPS) is 11.5. The van der Waals surface area contributed by atoms with Crippen LogP contribution < -0.4 is 35.4 Å². The number of carbonyl (C=O) groups excluding carboxylic acids is 2. The van der Waals surface area contributed by atoms with E-state index in [4.69, 9.17) is 23.7 Å². The van der Waals surface area contributed by atoms with Crippen LogP contribution in [-0.2, 0) is 15.9 Å². The lowest BCUT2D eigenvalue weighted by molar-refractivity contribution is -0.598. The smallest absolute Gasteiger partial charge is 0.419 e. The Kier molecular flexibility index (Phi) is 10.3. The van der Waals surface area contributed by atoms with Crippen LogP contribution in [-0.4, -0.2) is 56.2 Å². The van der Waals surface area contributed by atoms with Crippen LogP contribution in [0.25, 0.3) is 0 Å². The lowest BCUT2D eigenvalue weighted by Gasteiger charge is -2.28. The first-order chi connectivity index (χ1) is 16.8. The molecule has 0 bridgehead atoms. The Morgan fingerprint density at radius 2 is 1.28 bits per heavy atom. The van der Waals surface area contributed by atoms with Crippen molar-refractivity contribution in [1.29, 1.82) is 0 Å². The van der Waals surface area contributed by atoms with Gasteiger partial charge in [0.1, 0.15) is 17.0 Å². The number of carbonyl (C=O) groups is 2. The summed E-state index contributed by atoms with van der Waals surface area (Å²) < 4.78 is 29.6. The minimum absolute atomic E-state index is 0.0820. The summed E-state index contributed by atoms with van der Waals surface area (Å²) in [5, 5.41) is 0. The molecule has 2 aromatic carbocycles. The number of nitrogens with zero attached hydrogens (tertiary/aromatic N) is 1. The van der Waals surface area contributed by atoms with Crippen LogP contribution in [0.3, 0.4) is 0 Å². The maximum absolute atomic E-state index is 12.9. The van der Waals surface area contributed by atoms with E-state index in [9.17, 15) is 9.59 Å². The minimum atomic E-state index is -0.758. The van der Waals surface area contributed by atoms with Crippen LogP contribution in [0.5, 0.6) is 17.2 Å². The quantitative estimate of drug-likeness (QED) is 0.423. The van der Waals surface area contributed by atoms with E-state index >= 15 is 0 Å². The summed E-state index contributed by atoms with van der Waals surface area (Å²) in [5.74, 6) is 2.00. The molecule has 0 aromatic heterocycles. The fourth-order valence-electron chi connectivity index (χ4n) is 3.05. The lowest BCUT2D eigenvalue weighted by Crippen LogP contribution is -3.61. The van der Waals surface area contributed by atoms with Crippen molar-refractivity contribution in [3.63, 3.8) is 0 Å². The number of hydrogen-bond acceptors (Lipinski definition) is 7. The SMILES string of the molecule is COc1ccc([I+]c2cc(OC)c(OC)cc2CCN(C(=O)OC(C)(C)C)C(=O)OC(C)(C)C)cc1. The fourth-order valence-corrected chi connectivity index (χ4v) is 5.65. The van der Waals surface area contributed by atoms with Gasteiger partial charge in [-0.25, -0.2) is 14.5 Å². The van der Waals surface area contributed by atoms with Crippen molar-refractivity contribution in [3.8, 4) is 17.2 Å². The first-order valence-corrected chi connectivity index (χ1v) is 13.7. The Bertz CT molecular complexity index is 1010. The molecular formula is C27H37INO7+. The monoisotopic (exact) mass is 614 g/mol. The molecular weight excluding hydrogens is 577 g/mol. The number of rotatable bonds is 8. The van der Waals surface area contributed by atoms with Crippen molar-refractivity contribution in [3.05, 3.63) is 49.1 Å². The van der Waals surface area contributed by atoms with Crippen molar-refractivity contribution in [1.82, 2.24) is 4.90 Å². The first-order valence-electron chi connectivity index (χ1n) is 11.5. The van der Waals surface area contributed by atoms with Crippen LogP contribution >= 0.6 is 0 Å². The molecule has 0 N–H and O–H groups in total. The zero-order valence-electron chi connectivity index (χ0n) is 22.6. The lowest BCUT2D eigenvalue weighted by atomic mass is 10.1. The summed E-state index contributed by atoms with van der Waals surface area (Å²) in [7, 11) is 4.81. The summed E-state index contributed by atoms with van der Waals surface area (Å²) in [6.07, 6.45) is -1.10. The standard InChI is InChI=1S/C27H37INO7/c1-26(2,3)35-24(30)29(25(31)36-27(4,5)6)15-14-18-16-22(33-8)23(34-9)17-21(18)28-19-10-12-20(32-7)13-11-19/h10-13,16-17H,14-15H2,1-9H3/q+1. The van der Waals surface area contributed by atoms with E-state index in [2.05, 4.69) is 0 Å². The van der Waals surface area contributed by atoms with Crippen molar-refractivity contribution < 1.29 is 54.5 Å². The third kappa shape index (κ3) is 9.07. The van der Waals surface area contributed by atoms with Gasteiger partial charge in [0.25, 0.3) is 0 Å². The average Bonchev–Trinajstić information content (AvgIpc) is 2.77. The summed E-state index contributed by atoms with van der Waals surface area (Å²) in [5.41, 5.74) is -0.564. The van der Waals surface area contributed by atoms with Crippen LogP contribution in [0.4, 0.5) is 9.59 Å². The van der Waals surface area contributed by atoms with Gasteiger partial charge in [-0.15, -0.1) is 0 Å². The Morgan fingerprint density at radius 3 is 1.72 bits per heavy atom. The molecule has 36 heavy (non-hydrogen) atoms. The highest BCUT2D eigenvalue weighted by Gasteiger charge is 2.32. The molecule has 0 unspecified atom stereocenters. The molecule has 2 aromatic rings. The molecule has 9 heteroatoms. The molecule has 0 fully saturated rings. The predicted molar refractivity (Wildman–Crippen MR) is 133 cm³/mol. The van der Waals surface area contributed by atoms with Gasteiger partial charge >= 0.3 is 33.4 Å². The molecule has 0 saturated carbocycles. The first kappa shape index (κ1) is 29.5. The van der Waals surface area contributed by atoms with Gasteiger partial charge in [0.2, 0.25) is 3.57 Å². The molecule has 0 aliphatic carbocycles. The van der Waals surface area contributed by atoms with Crippen molar-refractivity contribution in [2.45, 2.75) is 59.2 Å². The topological polar surface area (TPSA) is 83.5 Å². The highest BCUT2D eigenvalue weighted by Crippen LogP contribution is 2.28. The highest BCUT2D eigenvalue weighted by molar-refractivity contribution is 5.88. The zero-order valence-corrected chi connectivity index (χ0v) is 24.7. The van der Waals surface area contributed by atoms with Crippen LogP contribution in [0.2, 0.25) is 0 Å². The van der Waals surface area contributed by atoms with E-state index in [1.54, 1.807) is 62.9 Å². The Morgan fingerprint density at radius 1 is 0.778 bits per heavy atom. The van der Waals surface area contributed by atoms with Crippen molar-refractivity contribution in [2.24, 2.45) is 0 Å². The Labute approximate surface area is 224 Å². The van der Waals surface area contributed by atoms with Gasteiger partial charge in [-0.1, -0.05) is 0 Å². The molecule has 2 rings (SSSR count). The Balaban J connectivity index is 2.39. The van der Waals surface area contributed by atoms with E-state index < -0.39 is 44.6 Å². The molecule has 0 spiro atoms. The van der Waals surface area contributed by atoms with Crippen LogP contribution in [0, 0.1) is 7.14 Å². The number of halogens is 1. The highest BCUT2D eigenvalue weighted by atomic mass is 127. The summed E-state index contributed by atoms with van der Waals surface area (Å²) in [6, 6.07) is 11.8. The Hall–Kier alpha value is -2.69. The van der Waals surface area contributed by atoms with E-state index in [1.165, 1.54) is 3.57 Å². The summed E-state index contributed by atoms with van der Waals surface area (Å²) in [6.45, 7) is 10.6. The second-order valence-corrected chi connectivity index (χ2v) is 12.9. The van der Waals surface area contributed by atoms with Gasteiger partial charge in [0, 0.05) is 18.2 Å². The van der Waals surface area contributed by atoms with E-state index in [-0.39, 0.29) is 6.54 Å². The molecule has 8 nitrogen and oxygen atoms in total. The van der Waals surface area contributed by atoms with Gasteiger partial charge in [-0.2, -0.15) is 0 Å².